The van der Waals surface area contributed by atoms with Gasteiger partial charge in [0.25, 0.3) is 0 Å². The van der Waals surface area contributed by atoms with E-state index >= 15 is 0 Å². The van der Waals surface area contributed by atoms with Crippen LogP contribution in [0.15, 0.2) is 0 Å². The molecule has 0 aromatic rings. The Morgan fingerprint density at radius 2 is 1.86 bits per heavy atom. The molecule has 6 nitrogen and oxygen atoms in total. The molecule has 0 aliphatic carbocycles. The molecule has 0 heterocycles. The average molecular weight is 303 g/mol. The maximum absolute atomic E-state index is 11.8. The highest BCUT2D eigenvalue weighted by atomic mass is 16.5. The van der Waals surface area contributed by atoms with Gasteiger partial charge in [0.1, 0.15) is 0 Å². The van der Waals surface area contributed by atoms with Gasteiger partial charge >= 0.3 is 5.97 Å². The number of ether oxygens (including phenoxy) is 2. The van der Waals surface area contributed by atoms with Crippen LogP contribution in [-0.4, -0.2) is 50.5 Å². The summed E-state index contributed by atoms with van der Waals surface area (Å²) in [6.45, 7) is 7.59. The summed E-state index contributed by atoms with van der Waals surface area (Å²) in [4.78, 5) is 23.1. The van der Waals surface area contributed by atoms with Gasteiger partial charge < -0.3 is 19.9 Å². The van der Waals surface area contributed by atoms with Crippen molar-refractivity contribution in [1.29, 1.82) is 0 Å². The summed E-state index contributed by atoms with van der Waals surface area (Å²) in [5.74, 6) is -1.25. The molecule has 0 rings (SSSR count). The molecule has 0 aromatic carbocycles. The number of aliphatic carboxylic acids is 1. The second-order valence-corrected chi connectivity index (χ2v) is 5.72. The molecule has 1 unspecified atom stereocenters. The monoisotopic (exact) mass is 303 g/mol. The van der Waals surface area contributed by atoms with E-state index < -0.39 is 11.4 Å². The number of unbranched alkanes of at least 4 members (excludes halogenated alkanes) is 1. The Kier molecular flexibility index (Phi) is 9.99. The van der Waals surface area contributed by atoms with Crippen molar-refractivity contribution in [2.45, 2.75) is 40.0 Å². The number of carbonyl (C=O) groups is 2. The minimum atomic E-state index is -1.02. The number of carboxylic acid groups (broad SMARTS) is 1. The van der Waals surface area contributed by atoms with Crippen LogP contribution in [-0.2, 0) is 19.1 Å². The van der Waals surface area contributed by atoms with Gasteiger partial charge in [0.05, 0.1) is 18.6 Å². The number of hydrogen-bond donors (Lipinski definition) is 2. The van der Waals surface area contributed by atoms with Gasteiger partial charge in [0.15, 0.2) is 0 Å². The van der Waals surface area contributed by atoms with Crippen LogP contribution in [0.25, 0.3) is 0 Å². The third kappa shape index (κ3) is 8.02. The highest BCUT2D eigenvalue weighted by Gasteiger charge is 2.38. The van der Waals surface area contributed by atoms with Crippen molar-refractivity contribution in [3.05, 3.63) is 0 Å². The first-order chi connectivity index (χ1) is 9.84. The van der Waals surface area contributed by atoms with Crippen molar-refractivity contribution in [3.63, 3.8) is 0 Å². The summed E-state index contributed by atoms with van der Waals surface area (Å²) in [6.07, 6.45) is 1.67. The summed E-state index contributed by atoms with van der Waals surface area (Å²) in [7, 11) is 1.63. The summed E-state index contributed by atoms with van der Waals surface area (Å²) in [5, 5.41) is 12.0. The number of carbonyl (C=O) groups excluding carboxylic acids is 1. The van der Waals surface area contributed by atoms with E-state index in [9.17, 15) is 14.7 Å². The van der Waals surface area contributed by atoms with Gasteiger partial charge in [-0.05, 0) is 25.7 Å². The van der Waals surface area contributed by atoms with Crippen molar-refractivity contribution in [1.82, 2.24) is 5.32 Å². The van der Waals surface area contributed by atoms with E-state index in [4.69, 9.17) is 9.47 Å². The fourth-order valence-corrected chi connectivity index (χ4v) is 1.72. The zero-order valence-electron chi connectivity index (χ0n) is 13.6. The maximum Gasteiger partial charge on any atom is 0.310 e. The van der Waals surface area contributed by atoms with Crippen molar-refractivity contribution >= 4 is 11.9 Å². The lowest BCUT2D eigenvalue weighted by Gasteiger charge is -2.28. The van der Waals surface area contributed by atoms with Crippen LogP contribution in [0.5, 0.6) is 0 Å². The Balaban J connectivity index is 3.82. The largest absolute Gasteiger partial charge is 0.481 e. The highest BCUT2D eigenvalue weighted by molar-refractivity contribution is 5.84. The first kappa shape index (κ1) is 19.9. The summed E-state index contributed by atoms with van der Waals surface area (Å²) < 4.78 is 10.2. The minimum Gasteiger partial charge on any atom is -0.481 e. The fraction of sp³-hybridized carbons (Fsp3) is 0.867. The molecule has 21 heavy (non-hydrogen) atoms. The van der Waals surface area contributed by atoms with Crippen LogP contribution in [0.1, 0.15) is 40.0 Å². The second-order valence-electron chi connectivity index (χ2n) is 5.72. The van der Waals surface area contributed by atoms with E-state index in [1.807, 2.05) is 13.8 Å². The molecule has 1 atom stereocenters. The molecule has 6 heteroatoms. The molecule has 124 valence electrons. The zero-order chi connectivity index (χ0) is 16.3. The fourth-order valence-electron chi connectivity index (χ4n) is 1.72. The Morgan fingerprint density at radius 1 is 1.19 bits per heavy atom. The molecule has 2 N–H and O–H groups in total. The van der Waals surface area contributed by atoms with E-state index in [0.29, 0.717) is 26.4 Å². The third-order valence-corrected chi connectivity index (χ3v) is 3.76. The van der Waals surface area contributed by atoms with Crippen molar-refractivity contribution in [3.8, 4) is 0 Å². The number of carboxylic acids is 1. The molecule has 0 aliphatic rings. The van der Waals surface area contributed by atoms with E-state index in [1.165, 1.54) is 0 Å². The van der Waals surface area contributed by atoms with Crippen LogP contribution in [0, 0.1) is 11.3 Å². The molecule has 0 radical (unpaired) electrons. The van der Waals surface area contributed by atoms with Gasteiger partial charge in [-0.1, -0.05) is 13.8 Å². The van der Waals surface area contributed by atoms with Gasteiger partial charge in [-0.3, -0.25) is 9.59 Å². The molecular weight excluding hydrogens is 274 g/mol. The Labute approximate surface area is 127 Å². The van der Waals surface area contributed by atoms with Gasteiger partial charge in [-0.15, -0.1) is 0 Å². The standard InChI is InChI=1S/C15H29NO5/c1-12(2)15(3,14(18)19)11-13(17)16-7-5-6-8-21-10-9-20-4/h12H,5-11H2,1-4H3,(H,16,17)(H,18,19). The van der Waals surface area contributed by atoms with Crippen LogP contribution in [0.3, 0.4) is 0 Å². The number of amides is 1. The van der Waals surface area contributed by atoms with Crippen LogP contribution >= 0.6 is 0 Å². The van der Waals surface area contributed by atoms with Crippen LogP contribution in [0.4, 0.5) is 0 Å². The first-order valence-corrected chi connectivity index (χ1v) is 7.41. The van der Waals surface area contributed by atoms with Gasteiger partial charge in [-0.2, -0.15) is 0 Å². The molecule has 0 bridgehead atoms. The smallest absolute Gasteiger partial charge is 0.310 e. The minimum absolute atomic E-state index is 0.00430. The Morgan fingerprint density at radius 3 is 2.38 bits per heavy atom. The summed E-state index contributed by atoms with van der Waals surface area (Å²) in [6, 6.07) is 0. The lowest BCUT2D eigenvalue weighted by Crippen LogP contribution is -2.39. The number of methoxy groups -OCH3 is 1. The van der Waals surface area contributed by atoms with Crippen molar-refractivity contribution in [2.24, 2.45) is 11.3 Å². The summed E-state index contributed by atoms with van der Waals surface area (Å²) >= 11 is 0. The second kappa shape index (κ2) is 10.6. The number of hydrogen-bond acceptors (Lipinski definition) is 4. The molecule has 0 fully saturated rings. The first-order valence-electron chi connectivity index (χ1n) is 7.41. The molecule has 0 aliphatic heterocycles. The van der Waals surface area contributed by atoms with Crippen molar-refractivity contribution in [2.75, 3.05) is 33.5 Å². The maximum atomic E-state index is 11.8. The Bertz CT molecular complexity index is 319. The predicted octanol–water partition coefficient (Wildman–Crippen LogP) is 1.68. The molecule has 0 spiro atoms. The topological polar surface area (TPSA) is 84.9 Å². The third-order valence-electron chi connectivity index (χ3n) is 3.76. The van der Waals surface area contributed by atoms with E-state index in [0.717, 1.165) is 12.8 Å². The predicted molar refractivity (Wildman–Crippen MR) is 80.1 cm³/mol. The average Bonchev–Trinajstić information content (AvgIpc) is 2.41. The van der Waals surface area contributed by atoms with Crippen LogP contribution < -0.4 is 5.32 Å². The normalized spacial score (nSPS) is 14.0. The van der Waals surface area contributed by atoms with Gasteiger partial charge in [-0.25, -0.2) is 0 Å². The highest BCUT2D eigenvalue weighted by Crippen LogP contribution is 2.31. The zero-order valence-corrected chi connectivity index (χ0v) is 13.6. The summed E-state index contributed by atoms with van der Waals surface area (Å²) in [5.41, 5.74) is -1.02. The van der Waals surface area contributed by atoms with Crippen LogP contribution in [0.2, 0.25) is 0 Å². The Hall–Kier alpha value is -1.14. The van der Waals surface area contributed by atoms with Crippen molar-refractivity contribution < 1.29 is 24.2 Å². The SMILES string of the molecule is COCCOCCCCNC(=O)CC(C)(C(=O)O)C(C)C. The number of nitrogens with one attached hydrogen (secondary N) is 1. The number of rotatable bonds is 12. The lowest BCUT2D eigenvalue weighted by atomic mass is 9.76. The molecule has 0 aromatic heterocycles. The van der Waals surface area contributed by atoms with Gasteiger partial charge in [0.2, 0.25) is 5.91 Å². The van der Waals surface area contributed by atoms with E-state index in [1.54, 1.807) is 14.0 Å². The van der Waals surface area contributed by atoms with E-state index in [2.05, 4.69) is 5.32 Å². The van der Waals surface area contributed by atoms with E-state index in [-0.39, 0.29) is 18.2 Å². The molecule has 0 saturated carbocycles. The van der Waals surface area contributed by atoms with Gasteiger partial charge in [0, 0.05) is 26.7 Å². The molecule has 1 amide bonds. The molecular formula is C15H29NO5. The molecule has 0 saturated heterocycles. The lowest BCUT2D eigenvalue weighted by molar-refractivity contribution is -0.153. The quantitative estimate of drug-likeness (QED) is 0.536.